The number of nitrogens with one attached hydrogen (secondary N) is 1. The van der Waals surface area contributed by atoms with Crippen LogP contribution in [0.1, 0.15) is 31.2 Å². The zero-order valence-electron chi connectivity index (χ0n) is 17.1. The van der Waals surface area contributed by atoms with Gasteiger partial charge in [-0.2, -0.15) is 0 Å². The highest BCUT2D eigenvalue weighted by Gasteiger charge is 2.43. The lowest BCUT2D eigenvalue weighted by Crippen LogP contribution is -2.53. The highest BCUT2D eigenvalue weighted by molar-refractivity contribution is 5.84. The van der Waals surface area contributed by atoms with E-state index in [0.717, 1.165) is 50.4 Å². The van der Waals surface area contributed by atoms with Crippen molar-refractivity contribution in [3.05, 3.63) is 67.0 Å². The molecule has 4 rings (SSSR count). The van der Waals surface area contributed by atoms with E-state index in [4.69, 9.17) is 0 Å². The first-order valence-electron chi connectivity index (χ1n) is 10.8. The molecule has 1 aromatic heterocycles. The van der Waals surface area contributed by atoms with Crippen LogP contribution in [0.15, 0.2) is 61.4 Å². The lowest BCUT2D eigenvalue weighted by molar-refractivity contribution is -0.134. The van der Waals surface area contributed by atoms with E-state index in [2.05, 4.69) is 46.0 Å². The maximum Gasteiger partial charge on any atom is 0.228 e. The first kappa shape index (κ1) is 19.8. The molecule has 29 heavy (non-hydrogen) atoms. The molecule has 1 saturated heterocycles. The van der Waals surface area contributed by atoms with Crippen LogP contribution in [0.3, 0.4) is 0 Å². The number of carbonyl (C=O) groups excluding carboxylic acids is 1. The quantitative estimate of drug-likeness (QED) is 0.692. The van der Waals surface area contributed by atoms with E-state index in [1.165, 1.54) is 24.0 Å². The van der Waals surface area contributed by atoms with Gasteiger partial charge in [0.25, 0.3) is 0 Å². The molecule has 1 aromatic carbocycles. The molecule has 1 aliphatic heterocycles. The number of hydrogen-bond donors (Lipinski definition) is 1. The monoisotopic (exact) mass is 389 g/mol. The predicted octanol–water partition coefficient (Wildman–Crippen LogP) is 4.09. The molecule has 0 unspecified atom stereocenters. The van der Waals surface area contributed by atoms with Crippen molar-refractivity contribution in [2.45, 2.75) is 32.1 Å². The topological polar surface area (TPSA) is 45.2 Å². The third-order valence-electron chi connectivity index (χ3n) is 6.30. The summed E-state index contributed by atoms with van der Waals surface area (Å²) in [7, 11) is 0. The smallest absolute Gasteiger partial charge is 0.228 e. The third kappa shape index (κ3) is 4.76. The number of aromatic nitrogens is 1. The molecule has 1 saturated carbocycles. The number of rotatable bonds is 8. The van der Waals surface area contributed by atoms with Crippen molar-refractivity contribution in [1.29, 1.82) is 0 Å². The fourth-order valence-electron chi connectivity index (χ4n) is 4.66. The molecular formula is C25H31N3O. The van der Waals surface area contributed by atoms with Crippen LogP contribution in [0.2, 0.25) is 0 Å². The molecule has 152 valence electrons. The summed E-state index contributed by atoms with van der Waals surface area (Å²) < 4.78 is 0. The van der Waals surface area contributed by atoms with Crippen LogP contribution < -0.4 is 5.32 Å². The Hall–Kier alpha value is -2.46. The largest absolute Gasteiger partial charge is 0.352 e. The molecule has 1 N–H and O–H groups in total. The normalized spacial score (nSPS) is 22.2. The van der Waals surface area contributed by atoms with Crippen molar-refractivity contribution < 1.29 is 4.79 Å². The van der Waals surface area contributed by atoms with Crippen LogP contribution in [-0.2, 0) is 11.2 Å². The summed E-state index contributed by atoms with van der Waals surface area (Å²) in [6.45, 7) is 7.39. The second kappa shape index (κ2) is 8.91. The summed E-state index contributed by atoms with van der Waals surface area (Å²) in [5, 5.41) is 3.12. The first-order chi connectivity index (χ1) is 14.2. The molecule has 0 spiro atoms. The highest BCUT2D eigenvalue weighted by atomic mass is 16.2. The van der Waals surface area contributed by atoms with Crippen molar-refractivity contribution in [2.75, 3.05) is 26.2 Å². The summed E-state index contributed by atoms with van der Waals surface area (Å²) in [4.78, 5) is 20.1. The van der Waals surface area contributed by atoms with Crippen LogP contribution in [0.25, 0.3) is 11.1 Å². The van der Waals surface area contributed by atoms with Crippen molar-refractivity contribution in [1.82, 2.24) is 15.2 Å². The summed E-state index contributed by atoms with van der Waals surface area (Å²) in [6.07, 6.45) is 10.9. The van der Waals surface area contributed by atoms with Gasteiger partial charge in [-0.05, 0) is 73.4 Å². The molecule has 4 nitrogen and oxygen atoms in total. The van der Waals surface area contributed by atoms with Crippen LogP contribution in [-0.4, -0.2) is 42.0 Å². The van der Waals surface area contributed by atoms with Gasteiger partial charge in [0.2, 0.25) is 5.91 Å². The van der Waals surface area contributed by atoms with E-state index in [0.29, 0.717) is 6.54 Å². The molecule has 2 aromatic rings. The SMILES string of the molecule is C=CCNC(=O)[C@@]1(Cc2ccccc2-c2ccncc2)CCCN(CC2CC2)C1. The molecule has 2 aliphatic rings. The Kier molecular flexibility index (Phi) is 6.10. The van der Waals surface area contributed by atoms with Gasteiger partial charge in [-0.1, -0.05) is 30.3 Å². The Bertz CT molecular complexity index is 846. The number of nitrogens with zero attached hydrogens (tertiary/aromatic N) is 2. The van der Waals surface area contributed by atoms with Gasteiger partial charge < -0.3 is 10.2 Å². The van der Waals surface area contributed by atoms with Crippen LogP contribution in [0.5, 0.6) is 0 Å². The standard InChI is InChI=1S/C25H31N3O/c1-2-13-27-24(29)25(12-5-16-28(19-25)18-20-8-9-20)17-22-6-3-4-7-23(22)21-10-14-26-15-11-21/h2-4,6-7,10-11,14-15,20H,1,5,8-9,12-13,16-19H2,(H,27,29)/t25-/m1/s1. The van der Waals surface area contributed by atoms with Crippen molar-refractivity contribution in [3.8, 4) is 11.1 Å². The van der Waals surface area contributed by atoms with Crippen LogP contribution in [0.4, 0.5) is 0 Å². The average molecular weight is 390 g/mol. The maximum atomic E-state index is 13.4. The summed E-state index contributed by atoms with van der Waals surface area (Å²) >= 11 is 0. The predicted molar refractivity (Wildman–Crippen MR) is 117 cm³/mol. The molecule has 1 amide bonds. The lowest BCUT2D eigenvalue weighted by atomic mass is 9.73. The molecule has 4 heteroatoms. The number of hydrogen-bond acceptors (Lipinski definition) is 3. The minimum absolute atomic E-state index is 0.169. The molecular weight excluding hydrogens is 358 g/mol. The van der Waals surface area contributed by atoms with Crippen LogP contribution in [0, 0.1) is 11.3 Å². The summed E-state index contributed by atoms with van der Waals surface area (Å²) in [5.41, 5.74) is 3.20. The van der Waals surface area contributed by atoms with Gasteiger partial charge in [0.1, 0.15) is 0 Å². The number of likely N-dealkylation sites (tertiary alicyclic amines) is 1. The van der Waals surface area contributed by atoms with E-state index in [1.807, 2.05) is 24.5 Å². The maximum absolute atomic E-state index is 13.4. The van der Waals surface area contributed by atoms with Crippen molar-refractivity contribution >= 4 is 5.91 Å². The van der Waals surface area contributed by atoms with Gasteiger partial charge in [0.15, 0.2) is 0 Å². The molecule has 0 radical (unpaired) electrons. The number of pyridine rings is 1. The van der Waals surface area contributed by atoms with Gasteiger partial charge in [-0.15, -0.1) is 6.58 Å². The Morgan fingerprint density at radius 1 is 1.24 bits per heavy atom. The number of piperidine rings is 1. The van der Waals surface area contributed by atoms with Gasteiger partial charge in [-0.3, -0.25) is 9.78 Å². The van der Waals surface area contributed by atoms with Gasteiger partial charge in [0.05, 0.1) is 5.41 Å². The fraction of sp³-hybridized carbons (Fsp3) is 0.440. The Morgan fingerprint density at radius 2 is 2.03 bits per heavy atom. The number of benzene rings is 1. The van der Waals surface area contributed by atoms with Gasteiger partial charge in [-0.25, -0.2) is 0 Å². The zero-order chi connectivity index (χ0) is 20.1. The highest BCUT2D eigenvalue weighted by Crippen LogP contribution is 2.39. The second-order valence-corrected chi connectivity index (χ2v) is 8.63. The molecule has 2 fully saturated rings. The van der Waals surface area contributed by atoms with E-state index in [1.54, 1.807) is 6.08 Å². The summed E-state index contributed by atoms with van der Waals surface area (Å²) in [5.74, 6) is 1.01. The van der Waals surface area contributed by atoms with E-state index < -0.39 is 0 Å². The minimum Gasteiger partial charge on any atom is -0.352 e. The zero-order valence-corrected chi connectivity index (χ0v) is 17.1. The average Bonchev–Trinajstić information content (AvgIpc) is 3.57. The Balaban J connectivity index is 1.64. The van der Waals surface area contributed by atoms with Gasteiger partial charge in [0, 0.05) is 32.0 Å². The van der Waals surface area contributed by atoms with Crippen LogP contribution >= 0.6 is 0 Å². The Labute approximate surface area is 174 Å². The van der Waals surface area contributed by atoms with E-state index in [9.17, 15) is 4.79 Å². The first-order valence-corrected chi connectivity index (χ1v) is 10.8. The third-order valence-corrected chi connectivity index (χ3v) is 6.30. The molecule has 1 atom stereocenters. The Morgan fingerprint density at radius 3 is 2.79 bits per heavy atom. The number of amides is 1. The molecule has 0 bridgehead atoms. The van der Waals surface area contributed by atoms with E-state index >= 15 is 0 Å². The fourth-order valence-corrected chi connectivity index (χ4v) is 4.66. The van der Waals surface area contributed by atoms with Gasteiger partial charge >= 0.3 is 0 Å². The molecule has 1 aliphatic carbocycles. The van der Waals surface area contributed by atoms with Crippen molar-refractivity contribution in [2.24, 2.45) is 11.3 Å². The van der Waals surface area contributed by atoms with E-state index in [-0.39, 0.29) is 11.3 Å². The summed E-state index contributed by atoms with van der Waals surface area (Å²) in [6, 6.07) is 12.6. The molecule has 2 heterocycles. The minimum atomic E-state index is -0.390. The van der Waals surface area contributed by atoms with Crippen molar-refractivity contribution in [3.63, 3.8) is 0 Å². The number of carbonyl (C=O) groups is 1. The lowest BCUT2D eigenvalue weighted by Gasteiger charge is -2.42. The second-order valence-electron chi connectivity index (χ2n) is 8.63.